The molecule has 1 heterocycles. The molecule has 0 saturated carbocycles. The Hall–Kier alpha value is -1.43. The van der Waals surface area contributed by atoms with Gasteiger partial charge in [-0.1, -0.05) is 26.2 Å². The van der Waals surface area contributed by atoms with Crippen LogP contribution < -0.4 is 5.32 Å². The zero-order chi connectivity index (χ0) is 11.5. The topological polar surface area (TPSA) is 51.0 Å². The Bertz CT molecular complexity index is 501. The van der Waals surface area contributed by atoms with Gasteiger partial charge in [-0.25, -0.2) is 9.02 Å². The predicted molar refractivity (Wildman–Crippen MR) is 60.5 cm³/mol. The van der Waals surface area contributed by atoms with Crippen LogP contribution in [0, 0.1) is 12.7 Å². The standard InChI is InChI=1S/C10H9BrFN3O/c1-6-10(15-16-14-6)5-13-9-3-2-7(11)4-8(9)12/h2-4,13H,5H2,1H3. The van der Waals surface area contributed by atoms with Crippen LogP contribution in [0.25, 0.3) is 0 Å². The van der Waals surface area contributed by atoms with Crippen molar-refractivity contribution in [2.75, 3.05) is 5.32 Å². The van der Waals surface area contributed by atoms with Crippen LogP contribution in [-0.2, 0) is 6.54 Å². The number of nitrogens with zero attached hydrogens (tertiary/aromatic N) is 2. The van der Waals surface area contributed by atoms with Crippen LogP contribution in [0.3, 0.4) is 0 Å². The second-order valence-corrected chi connectivity index (χ2v) is 4.19. The molecule has 0 atom stereocenters. The number of aromatic nitrogens is 2. The SMILES string of the molecule is Cc1nonc1CNc1ccc(Br)cc1F. The monoisotopic (exact) mass is 285 g/mol. The minimum atomic E-state index is -0.316. The van der Waals surface area contributed by atoms with E-state index in [-0.39, 0.29) is 5.82 Å². The van der Waals surface area contributed by atoms with Crippen molar-refractivity contribution in [3.8, 4) is 0 Å². The molecule has 4 nitrogen and oxygen atoms in total. The maximum absolute atomic E-state index is 13.4. The molecule has 0 aliphatic rings. The van der Waals surface area contributed by atoms with E-state index in [0.29, 0.717) is 28.1 Å². The molecule has 0 aliphatic carbocycles. The number of nitrogens with one attached hydrogen (secondary N) is 1. The molecule has 2 aromatic rings. The first kappa shape index (κ1) is 11.1. The van der Waals surface area contributed by atoms with Crippen molar-refractivity contribution in [2.45, 2.75) is 13.5 Å². The summed E-state index contributed by atoms with van der Waals surface area (Å²) < 4.78 is 18.7. The van der Waals surface area contributed by atoms with Crippen molar-refractivity contribution in [1.29, 1.82) is 0 Å². The van der Waals surface area contributed by atoms with Gasteiger partial charge in [0, 0.05) is 4.47 Å². The van der Waals surface area contributed by atoms with Crippen molar-refractivity contribution >= 4 is 21.6 Å². The molecule has 0 bridgehead atoms. The Morgan fingerprint density at radius 2 is 2.25 bits per heavy atom. The molecule has 2 rings (SSSR count). The Balaban J connectivity index is 2.08. The molecule has 0 aliphatic heterocycles. The lowest BCUT2D eigenvalue weighted by molar-refractivity contribution is 0.301. The van der Waals surface area contributed by atoms with Crippen LogP contribution in [-0.4, -0.2) is 10.3 Å². The fourth-order valence-electron chi connectivity index (χ4n) is 1.22. The number of anilines is 1. The summed E-state index contributed by atoms with van der Waals surface area (Å²) >= 11 is 3.19. The molecule has 1 aromatic heterocycles. The highest BCUT2D eigenvalue weighted by Crippen LogP contribution is 2.19. The molecule has 0 spiro atoms. The Morgan fingerprint density at radius 3 is 2.88 bits per heavy atom. The summed E-state index contributed by atoms with van der Waals surface area (Å²) in [6, 6.07) is 4.82. The lowest BCUT2D eigenvalue weighted by atomic mass is 10.3. The average Bonchev–Trinajstić information content (AvgIpc) is 2.63. The van der Waals surface area contributed by atoms with E-state index in [1.807, 2.05) is 0 Å². The van der Waals surface area contributed by atoms with Crippen molar-refractivity contribution in [3.05, 3.63) is 39.9 Å². The first-order chi connectivity index (χ1) is 7.66. The third-order valence-electron chi connectivity index (χ3n) is 2.12. The van der Waals surface area contributed by atoms with Crippen molar-refractivity contribution in [1.82, 2.24) is 10.3 Å². The van der Waals surface area contributed by atoms with E-state index in [9.17, 15) is 4.39 Å². The molecular formula is C10H9BrFN3O. The van der Waals surface area contributed by atoms with Gasteiger partial charge in [-0.15, -0.1) is 0 Å². The smallest absolute Gasteiger partial charge is 0.147 e. The summed E-state index contributed by atoms with van der Waals surface area (Å²) in [5.41, 5.74) is 1.79. The van der Waals surface area contributed by atoms with Crippen LogP contribution in [0.1, 0.15) is 11.4 Å². The van der Waals surface area contributed by atoms with Gasteiger partial charge >= 0.3 is 0 Å². The summed E-state index contributed by atoms with van der Waals surface area (Å²) in [4.78, 5) is 0. The van der Waals surface area contributed by atoms with Gasteiger partial charge in [0.15, 0.2) is 0 Å². The summed E-state index contributed by atoms with van der Waals surface area (Å²) in [5, 5.41) is 10.3. The van der Waals surface area contributed by atoms with Gasteiger partial charge in [0.2, 0.25) is 0 Å². The molecule has 1 N–H and O–H groups in total. The Kier molecular flexibility index (Phi) is 3.19. The molecule has 1 aromatic carbocycles. The molecule has 16 heavy (non-hydrogen) atoms. The van der Waals surface area contributed by atoms with E-state index in [1.165, 1.54) is 6.07 Å². The molecule has 84 valence electrons. The van der Waals surface area contributed by atoms with E-state index in [1.54, 1.807) is 19.1 Å². The van der Waals surface area contributed by atoms with Crippen LogP contribution >= 0.6 is 15.9 Å². The van der Waals surface area contributed by atoms with Crippen molar-refractivity contribution in [3.63, 3.8) is 0 Å². The normalized spacial score (nSPS) is 10.4. The van der Waals surface area contributed by atoms with E-state index < -0.39 is 0 Å². The van der Waals surface area contributed by atoms with Crippen LogP contribution in [0.4, 0.5) is 10.1 Å². The molecule has 0 fully saturated rings. The maximum atomic E-state index is 13.4. The molecule has 0 radical (unpaired) electrons. The molecule has 0 saturated heterocycles. The van der Waals surface area contributed by atoms with Crippen LogP contribution in [0.2, 0.25) is 0 Å². The zero-order valence-electron chi connectivity index (χ0n) is 8.50. The van der Waals surface area contributed by atoms with Gasteiger partial charge < -0.3 is 5.32 Å². The molecule has 0 amide bonds. The summed E-state index contributed by atoms with van der Waals surface area (Å²) in [6.07, 6.45) is 0. The van der Waals surface area contributed by atoms with Gasteiger partial charge in [0.25, 0.3) is 0 Å². The first-order valence-corrected chi connectivity index (χ1v) is 5.43. The van der Waals surface area contributed by atoms with E-state index in [4.69, 9.17) is 0 Å². The average molecular weight is 286 g/mol. The molecule has 6 heteroatoms. The highest BCUT2D eigenvalue weighted by Gasteiger charge is 2.06. The highest BCUT2D eigenvalue weighted by molar-refractivity contribution is 9.10. The minimum absolute atomic E-state index is 0.316. The van der Waals surface area contributed by atoms with Gasteiger partial charge in [0.05, 0.1) is 12.2 Å². The maximum Gasteiger partial charge on any atom is 0.147 e. The van der Waals surface area contributed by atoms with E-state index in [0.717, 1.165) is 0 Å². The van der Waals surface area contributed by atoms with E-state index in [2.05, 4.69) is 36.2 Å². The summed E-state index contributed by atoms with van der Waals surface area (Å²) in [5.74, 6) is -0.316. The fourth-order valence-corrected chi connectivity index (χ4v) is 1.55. The van der Waals surface area contributed by atoms with Gasteiger partial charge in [-0.2, -0.15) is 0 Å². The van der Waals surface area contributed by atoms with Crippen molar-refractivity contribution < 1.29 is 9.02 Å². The largest absolute Gasteiger partial charge is 0.377 e. The van der Waals surface area contributed by atoms with Crippen molar-refractivity contribution in [2.24, 2.45) is 0 Å². The minimum Gasteiger partial charge on any atom is -0.377 e. The third kappa shape index (κ3) is 2.38. The van der Waals surface area contributed by atoms with Crippen LogP contribution in [0.5, 0.6) is 0 Å². The predicted octanol–water partition coefficient (Wildman–Crippen LogP) is 2.89. The quantitative estimate of drug-likeness (QED) is 0.942. The van der Waals surface area contributed by atoms with Gasteiger partial charge in [0.1, 0.15) is 17.2 Å². The lowest BCUT2D eigenvalue weighted by Gasteiger charge is -2.05. The second kappa shape index (κ2) is 4.61. The number of halogens is 2. The second-order valence-electron chi connectivity index (χ2n) is 3.27. The lowest BCUT2D eigenvalue weighted by Crippen LogP contribution is -2.03. The zero-order valence-corrected chi connectivity index (χ0v) is 10.1. The van der Waals surface area contributed by atoms with Gasteiger partial charge in [-0.05, 0) is 25.1 Å². The highest BCUT2D eigenvalue weighted by atomic mass is 79.9. The fraction of sp³-hybridized carbons (Fsp3) is 0.200. The number of rotatable bonds is 3. The number of hydrogen-bond donors (Lipinski definition) is 1. The van der Waals surface area contributed by atoms with Gasteiger partial charge in [-0.3, -0.25) is 0 Å². The first-order valence-electron chi connectivity index (χ1n) is 4.64. The summed E-state index contributed by atoms with van der Waals surface area (Å²) in [7, 11) is 0. The Morgan fingerprint density at radius 1 is 1.44 bits per heavy atom. The Labute approximate surface area is 99.9 Å². The van der Waals surface area contributed by atoms with E-state index >= 15 is 0 Å². The molecule has 0 unspecified atom stereocenters. The summed E-state index contributed by atoms with van der Waals surface area (Å²) in [6.45, 7) is 2.17. The number of hydrogen-bond acceptors (Lipinski definition) is 4. The number of benzene rings is 1. The molecular weight excluding hydrogens is 277 g/mol. The number of aryl methyl sites for hydroxylation is 1. The van der Waals surface area contributed by atoms with Crippen LogP contribution in [0.15, 0.2) is 27.3 Å². The third-order valence-corrected chi connectivity index (χ3v) is 2.62.